The van der Waals surface area contributed by atoms with Gasteiger partial charge in [-0.15, -0.1) is 6.58 Å². The van der Waals surface area contributed by atoms with Crippen LogP contribution >= 0.6 is 0 Å². The smallest absolute Gasteiger partial charge is 0.334 e. The zero-order valence-corrected chi connectivity index (χ0v) is 29.2. The molecular weight excluding hydrogens is 658 g/mol. The highest BCUT2D eigenvalue weighted by molar-refractivity contribution is 5.91. The van der Waals surface area contributed by atoms with Crippen molar-refractivity contribution in [3.63, 3.8) is 0 Å². The molecule has 1 aliphatic carbocycles. The molecule has 2 fully saturated rings. The number of nitrogens with zero attached hydrogens (tertiary/aromatic N) is 4. The predicted molar refractivity (Wildman–Crippen MR) is 195 cm³/mol. The highest BCUT2D eigenvalue weighted by Gasteiger charge is 2.51. The van der Waals surface area contributed by atoms with Crippen molar-refractivity contribution in [2.24, 2.45) is 0 Å². The Hall–Kier alpha value is -5.81. The molecule has 2 saturated heterocycles. The zero-order valence-electron chi connectivity index (χ0n) is 29.2. The van der Waals surface area contributed by atoms with Crippen molar-refractivity contribution in [2.75, 3.05) is 26.7 Å². The number of aromatic hydroxyl groups is 1. The van der Waals surface area contributed by atoms with Crippen LogP contribution in [0.5, 0.6) is 17.2 Å². The molecule has 0 bridgehead atoms. The molecule has 0 radical (unpaired) electrons. The van der Waals surface area contributed by atoms with Gasteiger partial charge in [-0.1, -0.05) is 84.9 Å². The molecule has 3 aliphatic rings. The number of ether oxygens (including phenoxy) is 2. The van der Waals surface area contributed by atoms with Crippen LogP contribution in [0.15, 0.2) is 110 Å². The number of nitrogens with one attached hydrogen (secondary N) is 1. The second kappa shape index (κ2) is 15.2. The number of para-hydroxylation sites is 1. The summed E-state index contributed by atoms with van der Waals surface area (Å²) in [5.74, 6) is 0.721. The third kappa shape index (κ3) is 7.17. The molecule has 0 spiro atoms. The number of hydrazine groups is 1. The molecule has 0 aromatic heterocycles. The van der Waals surface area contributed by atoms with Crippen LogP contribution in [0.1, 0.15) is 27.8 Å². The van der Waals surface area contributed by atoms with Crippen molar-refractivity contribution in [3.8, 4) is 17.2 Å². The van der Waals surface area contributed by atoms with E-state index in [0.717, 1.165) is 29.5 Å². The van der Waals surface area contributed by atoms with Crippen LogP contribution in [0, 0.1) is 0 Å². The number of urea groups is 1. The molecule has 0 saturated carbocycles. The van der Waals surface area contributed by atoms with Crippen molar-refractivity contribution < 1.29 is 29.0 Å². The SMILES string of the molecule is C=CCN1CC(=O)N2[C@@H](Cc3ccc(O)cc3)C(=O)N(Cc3cccc(OC)c3OC3Cc4ccccc4C3)C[C@@H]2N1C(=O)NCc1ccccc1. The van der Waals surface area contributed by atoms with E-state index < -0.39 is 18.2 Å². The third-order valence-electron chi connectivity index (χ3n) is 9.97. The van der Waals surface area contributed by atoms with Gasteiger partial charge in [-0.3, -0.25) is 9.59 Å². The highest BCUT2D eigenvalue weighted by Crippen LogP contribution is 2.37. The van der Waals surface area contributed by atoms with Gasteiger partial charge in [-0.05, 0) is 40.5 Å². The van der Waals surface area contributed by atoms with Crippen LogP contribution in [0.3, 0.4) is 0 Å². The molecule has 52 heavy (non-hydrogen) atoms. The van der Waals surface area contributed by atoms with Gasteiger partial charge in [-0.2, -0.15) is 0 Å². The average Bonchev–Trinajstić information content (AvgIpc) is 3.57. The first-order valence-electron chi connectivity index (χ1n) is 17.6. The molecule has 4 aromatic rings. The third-order valence-corrected chi connectivity index (χ3v) is 9.97. The number of carbonyl (C=O) groups excluding carboxylic acids is 3. The van der Waals surface area contributed by atoms with E-state index in [-0.39, 0.29) is 62.8 Å². The number of piperazine rings is 1. The topological polar surface area (TPSA) is 115 Å². The second-order valence-corrected chi connectivity index (χ2v) is 13.4. The molecule has 11 heteroatoms. The van der Waals surface area contributed by atoms with Crippen LogP contribution < -0.4 is 14.8 Å². The summed E-state index contributed by atoms with van der Waals surface area (Å²) in [4.78, 5) is 46.0. The number of benzene rings is 4. The Morgan fingerprint density at radius 3 is 2.33 bits per heavy atom. The fourth-order valence-corrected chi connectivity index (χ4v) is 7.51. The van der Waals surface area contributed by atoms with Crippen LogP contribution in [-0.4, -0.2) is 87.8 Å². The van der Waals surface area contributed by atoms with Crippen molar-refractivity contribution in [2.45, 2.75) is 50.7 Å². The Balaban J connectivity index is 1.22. The molecule has 2 aliphatic heterocycles. The molecule has 0 unspecified atom stereocenters. The van der Waals surface area contributed by atoms with Gasteiger partial charge in [0.15, 0.2) is 11.5 Å². The summed E-state index contributed by atoms with van der Waals surface area (Å²) in [7, 11) is 1.60. The predicted octanol–water partition coefficient (Wildman–Crippen LogP) is 4.68. The van der Waals surface area contributed by atoms with Gasteiger partial charge in [0.2, 0.25) is 11.8 Å². The number of phenols is 1. The van der Waals surface area contributed by atoms with E-state index in [2.05, 4.69) is 24.0 Å². The summed E-state index contributed by atoms with van der Waals surface area (Å²) < 4.78 is 12.5. The summed E-state index contributed by atoms with van der Waals surface area (Å²) in [6.45, 7) is 4.54. The molecule has 11 nitrogen and oxygen atoms in total. The van der Waals surface area contributed by atoms with Crippen molar-refractivity contribution >= 4 is 17.8 Å². The molecule has 268 valence electrons. The second-order valence-electron chi connectivity index (χ2n) is 13.4. The van der Waals surface area contributed by atoms with Gasteiger partial charge in [0.25, 0.3) is 0 Å². The van der Waals surface area contributed by atoms with E-state index in [1.165, 1.54) is 11.1 Å². The minimum Gasteiger partial charge on any atom is -0.508 e. The summed E-state index contributed by atoms with van der Waals surface area (Å²) in [6.07, 6.45) is 2.46. The normalized spacial score (nSPS) is 18.9. The minimum atomic E-state index is -0.912. The summed E-state index contributed by atoms with van der Waals surface area (Å²) >= 11 is 0. The lowest BCUT2D eigenvalue weighted by molar-refractivity contribution is -0.189. The lowest BCUT2D eigenvalue weighted by Crippen LogP contribution is -2.76. The Morgan fingerprint density at radius 1 is 0.923 bits per heavy atom. The van der Waals surface area contributed by atoms with E-state index in [9.17, 15) is 19.5 Å². The highest BCUT2D eigenvalue weighted by atomic mass is 16.5. The minimum absolute atomic E-state index is 0.0641. The summed E-state index contributed by atoms with van der Waals surface area (Å²) in [5, 5.41) is 16.2. The number of amides is 4. The molecule has 4 aromatic carbocycles. The maximum Gasteiger partial charge on any atom is 0.334 e. The van der Waals surface area contributed by atoms with Crippen LogP contribution in [0.2, 0.25) is 0 Å². The van der Waals surface area contributed by atoms with Crippen LogP contribution in [-0.2, 0) is 41.9 Å². The average molecular weight is 702 g/mol. The quantitative estimate of drug-likeness (QED) is 0.218. The van der Waals surface area contributed by atoms with E-state index in [0.29, 0.717) is 11.5 Å². The van der Waals surface area contributed by atoms with Crippen LogP contribution in [0.4, 0.5) is 4.79 Å². The van der Waals surface area contributed by atoms with Gasteiger partial charge in [0, 0.05) is 44.5 Å². The van der Waals surface area contributed by atoms with E-state index in [1.54, 1.807) is 57.3 Å². The number of phenolic OH excluding ortho intramolecular Hbond substituents is 1. The Bertz CT molecular complexity index is 1910. The summed E-state index contributed by atoms with van der Waals surface area (Å²) in [6, 6.07) is 28.9. The fourth-order valence-electron chi connectivity index (χ4n) is 7.51. The lowest BCUT2D eigenvalue weighted by Gasteiger charge is -2.55. The largest absolute Gasteiger partial charge is 0.508 e. The zero-order chi connectivity index (χ0) is 36.2. The van der Waals surface area contributed by atoms with Crippen molar-refractivity contribution in [3.05, 3.63) is 138 Å². The Labute approximate surface area is 303 Å². The summed E-state index contributed by atoms with van der Waals surface area (Å²) in [5.41, 5.74) is 4.96. The maximum atomic E-state index is 14.6. The van der Waals surface area contributed by atoms with Crippen molar-refractivity contribution in [1.29, 1.82) is 0 Å². The van der Waals surface area contributed by atoms with Gasteiger partial charge in [-0.25, -0.2) is 14.8 Å². The Morgan fingerprint density at radius 2 is 1.63 bits per heavy atom. The molecule has 2 N–H and O–H groups in total. The number of hydrogen-bond acceptors (Lipinski definition) is 7. The molecule has 2 atom stereocenters. The number of rotatable bonds is 11. The van der Waals surface area contributed by atoms with E-state index in [4.69, 9.17) is 9.47 Å². The number of carbonyl (C=O) groups is 3. The monoisotopic (exact) mass is 701 g/mol. The van der Waals surface area contributed by atoms with Gasteiger partial charge < -0.3 is 29.7 Å². The van der Waals surface area contributed by atoms with Crippen molar-refractivity contribution in [1.82, 2.24) is 25.1 Å². The van der Waals surface area contributed by atoms with Crippen LogP contribution in [0.25, 0.3) is 0 Å². The maximum absolute atomic E-state index is 14.6. The lowest BCUT2D eigenvalue weighted by atomic mass is 9.98. The number of methoxy groups -OCH3 is 1. The first-order chi connectivity index (χ1) is 25.3. The fraction of sp³-hybridized carbons (Fsp3) is 0.293. The molecule has 4 amide bonds. The molecular formula is C41H43N5O6. The van der Waals surface area contributed by atoms with E-state index >= 15 is 0 Å². The van der Waals surface area contributed by atoms with Gasteiger partial charge >= 0.3 is 6.03 Å². The number of hydrogen-bond donors (Lipinski definition) is 2. The van der Waals surface area contributed by atoms with E-state index in [1.807, 2.05) is 60.7 Å². The van der Waals surface area contributed by atoms with Gasteiger partial charge in [0.1, 0.15) is 24.1 Å². The standard InChI is InChI=1S/C41H43N5O6/c1-3-20-44-27-38(48)45-35(21-28-16-18-33(47)19-17-28)40(49)43(26-37(45)46(44)41(50)42-24-29-10-5-4-6-11-29)25-32-14-9-15-36(51-2)39(32)52-34-22-30-12-7-8-13-31(30)23-34/h3-19,34-35,37,47H,1,20-27H2,2H3,(H,42,50)/t35-,37-/m0/s1. The number of fused-ring (bicyclic) bond motifs is 2. The Kier molecular flexibility index (Phi) is 10.1. The first-order valence-corrected chi connectivity index (χ1v) is 17.6. The molecule has 7 rings (SSSR count). The van der Waals surface area contributed by atoms with Gasteiger partial charge in [0.05, 0.1) is 20.2 Å². The first kappa shape index (κ1) is 34.6. The molecule has 2 heterocycles.